The molecule has 0 aliphatic rings. The van der Waals surface area contributed by atoms with Crippen LogP contribution in [0, 0.1) is 5.82 Å². The van der Waals surface area contributed by atoms with Gasteiger partial charge in [0.2, 0.25) is 0 Å². The van der Waals surface area contributed by atoms with Crippen LogP contribution in [0.25, 0.3) is 0 Å². The van der Waals surface area contributed by atoms with Gasteiger partial charge in [0, 0.05) is 18.2 Å². The van der Waals surface area contributed by atoms with Gasteiger partial charge in [-0.15, -0.1) is 0 Å². The number of halogens is 1. The van der Waals surface area contributed by atoms with Crippen molar-refractivity contribution in [3.05, 3.63) is 35.6 Å². The Morgan fingerprint density at radius 2 is 1.95 bits per heavy atom. The number of rotatable bonds is 8. The molecular weight excluding hydrogens is 265 g/mol. The minimum Gasteiger partial charge on any atom is -0.316 e. The zero-order valence-corrected chi connectivity index (χ0v) is 12.3. The van der Waals surface area contributed by atoms with Crippen molar-refractivity contribution in [3.8, 4) is 0 Å². The first-order valence-electron chi connectivity index (χ1n) is 6.65. The molecule has 108 valence electrons. The highest BCUT2D eigenvalue weighted by Crippen LogP contribution is 2.22. The molecule has 3 nitrogen and oxygen atoms in total. The number of nitrogens with one attached hydrogen (secondary N) is 1. The maximum Gasteiger partial charge on any atom is 0.150 e. The molecule has 0 fully saturated rings. The first kappa shape index (κ1) is 16.1. The number of hydrogen-bond donors (Lipinski definition) is 1. The lowest BCUT2D eigenvalue weighted by molar-refractivity contribution is 0.531. The zero-order chi connectivity index (χ0) is 14.3. The van der Waals surface area contributed by atoms with E-state index in [0.29, 0.717) is 18.5 Å². The molecule has 1 rings (SSSR count). The van der Waals surface area contributed by atoms with E-state index in [1.807, 2.05) is 6.92 Å². The Labute approximate surface area is 115 Å². The van der Waals surface area contributed by atoms with E-state index in [1.165, 1.54) is 6.07 Å². The summed E-state index contributed by atoms with van der Waals surface area (Å²) >= 11 is 0. The van der Waals surface area contributed by atoms with Crippen LogP contribution in [0.1, 0.15) is 31.7 Å². The third-order valence-corrected chi connectivity index (χ3v) is 4.94. The quantitative estimate of drug-likeness (QED) is 0.798. The Morgan fingerprint density at radius 1 is 1.26 bits per heavy atom. The lowest BCUT2D eigenvalue weighted by Gasteiger charge is -2.18. The van der Waals surface area contributed by atoms with Crippen LogP contribution in [0.3, 0.4) is 0 Å². The first-order valence-corrected chi connectivity index (χ1v) is 8.47. The second-order valence-electron chi connectivity index (χ2n) is 4.55. The fourth-order valence-electron chi connectivity index (χ4n) is 1.96. The van der Waals surface area contributed by atoms with Crippen molar-refractivity contribution in [1.29, 1.82) is 0 Å². The van der Waals surface area contributed by atoms with Gasteiger partial charge in [0.25, 0.3) is 0 Å². The molecule has 0 heterocycles. The third-order valence-electron chi connectivity index (χ3n) is 3.20. The molecule has 0 aromatic heterocycles. The molecule has 1 unspecified atom stereocenters. The summed E-state index contributed by atoms with van der Waals surface area (Å²) in [5.74, 6) is -0.131. The average Bonchev–Trinajstić information content (AvgIpc) is 2.40. The lowest BCUT2D eigenvalue weighted by Crippen LogP contribution is -2.24. The van der Waals surface area contributed by atoms with Crippen LogP contribution in [0.4, 0.5) is 4.39 Å². The molecule has 19 heavy (non-hydrogen) atoms. The Balaban J connectivity index is 2.81. The highest BCUT2D eigenvalue weighted by atomic mass is 32.2. The number of sulfone groups is 1. The molecule has 0 radical (unpaired) electrons. The largest absolute Gasteiger partial charge is 0.316 e. The second kappa shape index (κ2) is 7.60. The lowest BCUT2D eigenvalue weighted by atomic mass is 9.96. The van der Waals surface area contributed by atoms with E-state index in [0.717, 1.165) is 6.54 Å². The molecular formula is C14H22FNO2S. The predicted octanol–water partition coefficient (Wildman–Crippen LogP) is 2.34. The van der Waals surface area contributed by atoms with Crippen LogP contribution >= 0.6 is 0 Å². The highest BCUT2D eigenvalue weighted by molar-refractivity contribution is 7.91. The van der Waals surface area contributed by atoms with Crippen molar-refractivity contribution in [3.63, 3.8) is 0 Å². The van der Waals surface area contributed by atoms with E-state index in [9.17, 15) is 12.8 Å². The standard InChI is InChI=1S/C14H22FNO2S/c1-3-16-11-12(9-10-19(17,18)4-2)13-7-5-6-8-14(13)15/h5-8,12,16H,3-4,9-11H2,1-2H3. The number of benzene rings is 1. The normalized spacial score (nSPS) is 13.4. The molecule has 0 aliphatic carbocycles. The maximum atomic E-state index is 13.8. The third kappa shape index (κ3) is 5.28. The van der Waals surface area contributed by atoms with Crippen molar-refractivity contribution >= 4 is 9.84 Å². The van der Waals surface area contributed by atoms with Crippen LogP contribution < -0.4 is 5.32 Å². The average molecular weight is 287 g/mol. The van der Waals surface area contributed by atoms with Crippen molar-refractivity contribution in [2.45, 2.75) is 26.2 Å². The summed E-state index contributed by atoms with van der Waals surface area (Å²) in [6.07, 6.45) is 0.449. The monoisotopic (exact) mass is 287 g/mol. The van der Waals surface area contributed by atoms with E-state index >= 15 is 0 Å². The predicted molar refractivity (Wildman–Crippen MR) is 76.6 cm³/mol. The van der Waals surface area contributed by atoms with Gasteiger partial charge >= 0.3 is 0 Å². The minimum atomic E-state index is -3.01. The van der Waals surface area contributed by atoms with E-state index in [4.69, 9.17) is 0 Å². The summed E-state index contributed by atoms with van der Waals surface area (Å²) in [6, 6.07) is 6.58. The Morgan fingerprint density at radius 3 is 2.53 bits per heavy atom. The summed E-state index contributed by atoms with van der Waals surface area (Å²) in [7, 11) is -3.01. The van der Waals surface area contributed by atoms with Gasteiger partial charge in [-0.1, -0.05) is 32.0 Å². The second-order valence-corrected chi connectivity index (χ2v) is 7.02. The molecule has 1 atom stereocenters. The maximum absolute atomic E-state index is 13.8. The molecule has 0 saturated carbocycles. The van der Waals surface area contributed by atoms with Gasteiger partial charge in [-0.2, -0.15) is 0 Å². The summed E-state index contributed by atoms with van der Waals surface area (Å²) in [5, 5.41) is 3.17. The van der Waals surface area contributed by atoms with Crippen molar-refractivity contribution < 1.29 is 12.8 Å². The summed E-state index contributed by atoms with van der Waals surface area (Å²) in [4.78, 5) is 0. The smallest absolute Gasteiger partial charge is 0.150 e. The summed E-state index contributed by atoms with van der Waals surface area (Å²) in [5.41, 5.74) is 0.592. The van der Waals surface area contributed by atoms with Crippen molar-refractivity contribution in [2.24, 2.45) is 0 Å². The SMILES string of the molecule is CCNCC(CCS(=O)(=O)CC)c1ccccc1F. The molecule has 0 spiro atoms. The van der Waals surface area contributed by atoms with Gasteiger partial charge in [0.05, 0.1) is 5.75 Å². The topological polar surface area (TPSA) is 46.2 Å². The fraction of sp³-hybridized carbons (Fsp3) is 0.571. The molecule has 5 heteroatoms. The van der Waals surface area contributed by atoms with Gasteiger partial charge < -0.3 is 5.32 Å². The summed E-state index contributed by atoms with van der Waals surface area (Å²) < 4.78 is 37.0. The molecule has 0 saturated heterocycles. The van der Waals surface area contributed by atoms with Crippen LogP contribution in [-0.2, 0) is 9.84 Å². The summed E-state index contributed by atoms with van der Waals surface area (Å²) in [6.45, 7) is 4.99. The Kier molecular flexibility index (Phi) is 6.45. The molecule has 1 N–H and O–H groups in total. The van der Waals surface area contributed by atoms with Crippen LogP contribution in [-0.4, -0.2) is 33.0 Å². The fourth-order valence-corrected chi connectivity index (χ4v) is 2.89. The Bertz CT molecular complexity index is 488. The molecule has 0 bridgehead atoms. The van der Waals surface area contributed by atoms with Crippen LogP contribution in [0.5, 0.6) is 0 Å². The van der Waals surface area contributed by atoms with Crippen molar-refractivity contribution in [1.82, 2.24) is 5.32 Å². The van der Waals surface area contributed by atoms with Crippen LogP contribution in [0.15, 0.2) is 24.3 Å². The molecule has 0 aliphatic heterocycles. The van der Waals surface area contributed by atoms with Gasteiger partial charge in [-0.05, 0) is 24.6 Å². The van der Waals surface area contributed by atoms with Crippen molar-refractivity contribution in [2.75, 3.05) is 24.6 Å². The minimum absolute atomic E-state index is 0.105. The first-order chi connectivity index (χ1) is 9.00. The molecule has 1 aromatic carbocycles. The van der Waals surface area contributed by atoms with Gasteiger partial charge in [-0.3, -0.25) is 0 Å². The molecule has 1 aromatic rings. The zero-order valence-electron chi connectivity index (χ0n) is 11.5. The van der Waals surface area contributed by atoms with Crippen LogP contribution in [0.2, 0.25) is 0 Å². The van der Waals surface area contributed by atoms with Gasteiger partial charge in [0.15, 0.2) is 0 Å². The van der Waals surface area contributed by atoms with Gasteiger partial charge in [-0.25, -0.2) is 12.8 Å². The van der Waals surface area contributed by atoms with E-state index in [1.54, 1.807) is 25.1 Å². The highest BCUT2D eigenvalue weighted by Gasteiger charge is 2.18. The van der Waals surface area contributed by atoms with E-state index in [-0.39, 0.29) is 23.2 Å². The number of likely N-dealkylation sites (N-methyl/N-ethyl adjacent to an activating group) is 1. The Hall–Kier alpha value is -0.940. The van der Waals surface area contributed by atoms with Gasteiger partial charge in [0.1, 0.15) is 15.7 Å². The van der Waals surface area contributed by atoms with E-state index in [2.05, 4.69) is 5.32 Å². The number of hydrogen-bond acceptors (Lipinski definition) is 3. The van der Waals surface area contributed by atoms with E-state index < -0.39 is 9.84 Å². The molecule has 0 amide bonds.